The van der Waals surface area contributed by atoms with Gasteiger partial charge in [0.15, 0.2) is 5.69 Å². The van der Waals surface area contributed by atoms with Crippen LogP contribution in [0.1, 0.15) is 16.1 Å². The summed E-state index contributed by atoms with van der Waals surface area (Å²) in [6.45, 7) is 0. The molecule has 2 aromatic carbocycles. The number of nitro groups is 1. The van der Waals surface area contributed by atoms with E-state index in [0.29, 0.717) is 15.6 Å². The predicted octanol–water partition coefficient (Wildman–Crippen LogP) is 3.95. The maximum atomic E-state index is 12.0. The van der Waals surface area contributed by atoms with Gasteiger partial charge in [0.05, 0.1) is 23.1 Å². The van der Waals surface area contributed by atoms with Crippen LogP contribution in [-0.2, 0) is 4.74 Å². The van der Waals surface area contributed by atoms with Gasteiger partial charge in [-0.25, -0.2) is 9.78 Å². The van der Waals surface area contributed by atoms with Crippen LogP contribution in [-0.4, -0.2) is 29.2 Å². The number of nitro benzene ring substituents is 1. The minimum atomic E-state index is -0.541. The molecule has 0 aliphatic rings. The van der Waals surface area contributed by atoms with E-state index in [2.05, 4.69) is 15.5 Å². The number of anilines is 1. The Balaban J connectivity index is 1.83. The molecule has 136 valence electrons. The maximum Gasteiger partial charge on any atom is 0.358 e. The number of benzene rings is 2. The molecule has 0 atom stereocenters. The zero-order valence-electron chi connectivity index (χ0n) is 14.2. The first-order chi connectivity index (χ1) is 13.1. The van der Waals surface area contributed by atoms with Crippen LogP contribution in [0.4, 0.5) is 10.8 Å². The number of non-ortho nitro benzene ring substituents is 1. The van der Waals surface area contributed by atoms with Gasteiger partial charge in [-0.1, -0.05) is 53.8 Å². The number of nitrogens with zero attached hydrogens (tertiary/aromatic N) is 3. The van der Waals surface area contributed by atoms with Crippen molar-refractivity contribution in [2.24, 2.45) is 5.10 Å². The molecule has 8 nitrogen and oxygen atoms in total. The molecule has 0 saturated carbocycles. The highest BCUT2D eigenvalue weighted by atomic mass is 32.1. The first kappa shape index (κ1) is 18.2. The Morgan fingerprint density at radius 2 is 2.04 bits per heavy atom. The van der Waals surface area contributed by atoms with E-state index >= 15 is 0 Å². The summed E-state index contributed by atoms with van der Waals surface area (Å²) < 4.78 is 4.80. The Labute approximate surface area is 158 Å². The topological polar surface area (TPSA) is 107 Å². The van der Waals surface area contributed by atoms with Gasteiger partial charge < -0.3 is 4.74 Å². The number of carbonyl (C=O) groups excluding carboxylic acids is 1. The van der Waals surface area contributed by atoms with Crippen molar-refractivity contribution >= 4 is 34.3 Å². The van der Waals surface area contributed by atoms with Gasteiger partial charge in [-0.3, -0.25) is 15.5 Å². The lowest BCUT2D eigenvalue weighted by Gasteiger charge is -1.99. The van der Waals surface area contributed by atoms with Crippen LogP contribution in [0.15, 0.2) is 59.7 Å². The molecule has 0 unspecified atom stereocenters. The van der Waals surface area contributed by atoms with Crippen LogP contribution in [0.5, 0.6) is 0 Å². The standard InChI is InChI=1S/C18H14N4O4S/c1-26-17(23)15-16(13-7-3-2-4-8-13)27-18(20-15)21-19-11-12-6-5-9-14(10-12)22(24)25/h2-11H,1H3,(H,20,21). The first-order valence-corrected chi connectivity index (χ1v) is 8.58. The van der Waals surface area contributed by atoms with Gasteiger partial charge in [0.1, 0.15) is 0 Å². The molecule has 0 radical (unpaired) electrons. The quantitative estimate of drug-likeness (QED) is 0.299. The number of esters is 1. The summed E-state index contributed by atoms with van der Waals surface area (Å²) in [5.41, 5.74) is 4.32. The molecule has 27 heavy (non-hydrogen) atoms. The van der Waals surface area contributed by atoms with E-state index in [9.17, 15) is 14.9 Å². The van der Waals surface area contributed by atoms with E-state index in [1.165, 1.54) is 36.8 Å². The van der Waals surface area contributed by atoms with Crippen molar-refractivity contribution in [2.75, 3.05) is 12.5 Å². The fourth-order valence-electron chi connectivity index (χ4n) is 2.27. The van der Waals surface area contributed by atoms with E-state index < -0.39 is 10.9 Å². The minimum Gasteiger partial charge on any atom is -0.464 e. The van der Waals surface area contributed by atoms with Gasteiger partial charge in [-0.05, 0) is 5.56 Å². The van der Waals surface area contributed by atoms with Crippen molar-refractivity contribution in [3.8, 4) is 10.4 Å². The molecular formula is C18H14N4O4S. The Hall–Kier alpha value is -3.59. The van der Waals surface area contributed by atoms with Crippen molar-refractivity contribution in [3.63, 3.8) is 0 Å². The third-order valence-corrected chi connectivity index (χ3v) is 4.51. The summed E-state index contributed by atoms with van der Waals surface area (Å²) in [6, 6.07) is 15.4. The van der Waals surface area contributed by atoms with E-state index in [1.54, 1.807) is 12.1 Å². The van der Waals surface area contributed by atoms with Crippen LogP contribution in [0.25, 0.3) is 10.4 Å². The molecule has 0 saturated heterocycles. The van der Waals surface area contributed by atoms with Gasteiger partial charge >= 0.3 is 5.97 Å². The summed E-state index contributed by atoms with van der Waals surface area (Å²) in [7, 11) is 1.30. The zero-order valence-corrected chi connectivity index (χ0v) is 15.0. The third kappa shape index (κ3) is 4.33. The van der Waals surface area contributed by atoms with E-state index in [4.69, 9.17) is 4.74 Å². The Kier molecular flexibility index (Phi) is 5.53. The van der Waals surface area contributed by atoms with Crippen LogP contribution in [0.3, 0.4) is 0 Å². The molecule has 1 heterocycles. The number of aromatic nitrogens is 1. The molecule has 3 rings (SSSR count). The fraction of sp³-hybridized carbons (Fsp3) is 0.0556. The Morgan fingerprint density at radius 3 is 2.74 bits per heavy atom. The molecule has 0 spiro atoms. The lowest BCUT2D eigenvalue weighted by atomic mass is 10.1. The second-order valence-electron chi connectivity index (χ2n) is 5.28. The highest BCUT2D eigenvalue weighted by molar-refractivity contribution is 7.19. The average molecular weight is 382 g/mol. The lowest BCUT2D eigenvalue weighted by Crippen LogP contribution is -2.03. The van der Waals surface area contributed by atoms with Crippen LogP contribution >= 0.6 is 11.3 Å². The lowest BCUT2D eigenvalue weighted by molar-refractivity contribution is -0.384. The molecule has 0 aliphatic heterocycles. The van der Waals surface area contributed by atoms with Crippen LogP contribution in [0, 0.1) is 10.1 Å². The highest BCUT2D eigenvalue weighted by Crippen LogP contribution is 2.33. The molecule has 0 fully saturated rings. The normalized spacial score (nSPS) is 10.7. The highest BCUT2D eigenvalue weighted by Gasteiger charge is 2.20. The van der Waals surface area contributed by atoms with Gasteiger partial charge in [0.25, 0.3) is 5.69 Å². The fourth-order valence-corrected chi connectivity index (χ4v) is 3.18. The number of hydrogen-bond donors (Lipinski definition) is 1. The predicted molar refractivity (Wildman–Crippen MR) is 103 cm³/mol. The second kappa shape index (κ2) is 8.19. The zero-order chi connectivity index (χ0) is 19.2. The summed E-state index contributed by atoms with van der Waals surface area (Å²) in [4.78, 5) is 27.3. The third-order valence-electron chi connectivity index (χ3n) is 3.50. The molecule has 1 N–H and O–H groups in total. The minimum absolute atomic E-state index is 0.0208. The van der Waals surface area contributed by atoms with Crippen molar-refractivity contribution in [1.29, 1.82) is 0 Å². The molecule has 3 aromatic rings. The summed E-state index contributed by atoms with van der Waals surface area (Å²) in [6.07, 6.45) is 1.44. The maximum absolute atomic E-state index is 12.0. The Bertz CT molecular complexity index is 1000. The number of thiazole rings is 1. The van der Waals surface area contributed by atoms with Gasteiger partial charge in [0.2, 0.25) is 5.13 Å². The van der Waals surface area contributed by atoms with Crippen molar-refractivity contribution in [2.45, 2.75) is 0 Å². The number of carbonyl (C=O) groups is 1. The molecule has 0 bridgehead atoms. The number of nitrogens with one attached hydrogen (secondary N) is 1. The van der Waals surface area contributed by atoms with Crippen molar-refractivity contribution in [3.05, 3.63) is 76.0 Å². The van der Waals surface area contributed by atoms with Gasteiger partial charge in [-0.2, -0.15) is 5.10 Å². The molecular weight excluding hydrogens is 368 g/mol. The first-order valence-electron chi connectivity index (χ1n) is 7.76. The largest absolute Gasteiger partial charge is 0.464 e. The number of rotatable bonds is 6. The van der Waals surface area contributed by atoms with Gasteiger partial charge in [0, 0.05) is 17.7 Å². The Morgan fingerprint density at radius 1 is 1.26 bits per heavy atom. The number of hydrogen-bond acceptors (Lipinski definition) is 8. The van der Waals surface area contributed by atoms with Crippen molar-refractivity contribution < 1.29 is 14.5 Å². The number of methoxy groups -OCH3 is 1. The second-order valence-corrected chi connectivity index (χ2v) is 6.28. The smallest absolute Gasteiger partial charge is 0.358 e. The monoisotopic (exact) mass is 382 g/mol. The van der Waals surface area contributed by atoms with Crippen molar-refractivity contribution in [1.82, 2.24) is 4.98 Å². The summed E-state index contributed by atoms with van der Waals surface area (Å²) >= 11 is 1.25. The summed E-state index contributed by atoms with van der Waals surface area (Å²) in [5, 5.41) is 15.3. The van der Waals surface area contributed by atoms with Gasteiger partial charge in [-0.15, -0.1) is 0 Å². The number of ether oxygens (including phenoxy) is 1. The summed E-state index contributed by atoms with van der Waals surface area (Å²) in [5.74, 6) is -0.541. The van der Waals surface area contributed by atoms with Crippen LogP contribution < -0.4 is 5.43 Å². The molecule has 0 amide bonds. The SMILES string of the molecule is COC(=O)c1nc(NN=Cc2cccc([N+](=O)[O-])c2)sc1-c1ccccc1. The van der Waals surface area contributed by atoms with Crippen LogP contribution in [0.2, 0.25) is 0 Å². The molecule has 9 heteroatoms. The number of hydrazone groups is 1. The van der Waals surface area contributed by atoms with E-state index in [0.717, 1.165) is 5.56 Å². The molecule has 0 aliphatic carbocycles. The molecule has 1 aromatic heterocycles. The average Bonchev–Trinajstić information content (AvgIpc) is 3.12. The van der Waals surface area contributed by atoms with E-state index in [-0.39, 0.29) is 11.4 Å². The van der Waals surface area contributed by atoms with E-state index in [1.807, 2.05) is 30.3 Å².